The van der Waals surface area contributed by atoms with Crippen LogP contribution in [0.3, 0.4) is 0 Å². The average molecular weight is 327 g/mol. The summed E-state index contributed by atoms with van der Waals surface area (Å²) < 4.78 is 36.2. The number of benzene rings is 1. The molecule has 2 rings (SSSR count). The molecule has 0 radical (unpaired) electrons. The predicted octanol–water partition coefficient (Wildman–Crippen LogP) is 1.88. The number of amides is 1. The number of hydrogen-bond acceptors (Lipinski definition) is 6. The Morgan fingerprint density at radius 2 is 1.95 bits per heavy atom. The molecule has 6 nitrogen and oxygen atoms in total. The third-order valence-corrected chi connectivity index (χ3v) is 5.37. The summed E-state index contributed by atoms with van der Waals surface area (Å²) >= 11 is 1.03. The first kappa shape index (κ1) is 15.3. The van der Waals surface area contributed by atoms with E-state index in [1.54, 1.807) is 17.5 Å². The molecule has 1 aromatic heterocycles. The normalized spacial score (nSPS) is 11.0. The molecule has 0 atom stereocenters. The van der Waals surface area contributed by atoms with Gasteiger partial charge < -0.3 is 9.47 Å². The highest BCUT2D eigenvalue weighted by Crippen LogP contribution is 2.25. The number of thiophene rings is 1. The zero-order chi connectivity index (χ0) is 15.5. The minimum Gasteiger partial charge on any atom is -0.497 e. The Morgan fingerprint density at radius 3 is 2.52 bits per heavy atom. The summed E-state index contributed by atoms with van der Waals surface area (Å²) in [6, 6.07) is 7.52. The van der Waals surface area contributed by atoms with E-state index in [-0.39, 0.29) is 15.5 Å². The van der Waals surface area contributed by atoms with E-state index in [9.17, 15) is 13.2 Å². The largest absolute Gasteiger partial charge is 0.497 e. The first-order valence-electron chi connectivity index (χ1n) is 5.80. The number of hydrogen-bond donors (Lipinski definition) is 1. The van der Waals surface area contributed by atoms with Crippen LogP contribution in [0.25, 0.3) is 0 Å². The number of sulfonamides is 1. The molecule has 21 heavy (non-hydrogen) atoms. The third-order valence-electron chi connectivity index (χ3n) is 2.64. The zero-order valence-corrected chi connectivity index (χ0v) is 13.0. The van der Waals surface area contributed by atoms with Crippen LogP contribution in [0, 0.1) is 0 Å². The van der Waals surface area contributed by atoms with Gasteiger partial charge in [0.05, 0.1) is 19.8 Å². The first-order valence-corrected chi connectivity index (χ1v) is 8.17. The molecule has 1 heterocycles. The highest BCUT2D eigenvalue weighted by molar-refractivity contribution is 7.92. The van der Waals surface area contributed by atoms with E-state index in [0.29, 0.717) is 5.75 Å². The van der Waals surface area contributed by atoms with Gasteiger partial charge in [0.2, 0.25) is 0 Å². The Hall–Kier alpha value is -2.06. The summed E-state index contributed by atoms with van der Waals surface area (Å²) in [6.45, 7) is 0. The fourth-order valence-corrected chi connectivity index (χ4v) is 3.59. The topological polar surface area (TPSA) is 81.7 Å². The van der Waals surface area contributed by atoms with Crippen LogP contribution in [-0.4, -0.2) is 28.5 Å². The summed E-state index contributed by atoms with van der Waals surface area (Å²) in [7, 11) is -1.00. The van der Waals surface area contributed by atoms with Gasteiger partial charge in [-0.2, -0.15) is 0 Å². The lowest BCUT2D eigenvalue weighted by Crippen LogP contribution is -2.30. The summed E-state index contributed by atoms with van der Waals surface area (Å²) in [4.78, 5) is 12.1. The number of carbonyl (C=O) groups is 1. The van der Waals surface area contributed by atoms with Crippen LogP contribution < -0.4 is 14.2 Å². The quantitative estimate of drug-likeness (QED) is 0.907. The Bertz CT molecular complexity index is 738. The lowest BCUT2D eigenvalue weighted by atomic mass is 10.2. The number of ether oxygens (including phenoxy) is 2. The van der Waals surface area contributed by atoms with Gasteiger partial charge in [-0.05, 0) is 23.6 Å². The van der Waals surface area contributed by atoms with Crippen LogP contribution in [0.4, 0.5) is 0 Å². The van der Waals surface area contributed by atoms with Crippen molar-refractivity contribution in [3.05, 3.63) is 41.3 Å². The summed E-state index contributed by atoms with van der Waals surface area (Å²) in [5, 5.41) is 1.62. The molecule has 0 aliphatic carbocycles. The molecule has 112 valence electrons. The second-order valence-corrected chi connectivity index (χ2v) is 6.79. The van der Waals surface area contributed by atoms with Crippen LogP contribution in [0.2, 0.25) is 0 Å². The van der Waals surface area contributed by atoms with E-state index in [2.05, 4.69) is 0 Å². The van der Waals surface area contributed by atoms with Crippen LogP contribution in [-0.2, 0) is 10.0 Å². The second kappa shape index (κ2) is 6.15. The lowest BCUT2D eigenvalue weighted by molar-refractivity contribution is 0.0978. The van der Waals surface area contributed by atoms with Crippen molar-refractivity contribution in [1.82, 2.24) is 4.72 Å². The Balaban J connectivity index is 2.29. The Kier molecular flexibility index (Phi) is 4.49. The maximum Gasteiger partial charge on any atom is 0.273 e. The molecule has 2 aromatic rings. The minimum atomic E-state index is -3.87. The van der Waals surface area contributed by atoms with Gasteiger partial charge >= 0.3 is 0 Å². The van der Waals surface area contributed by atoms with Crippen molar-refractivity contribution >= 4 is 27.3 Å². The van der Waals surface area contributed by atoms with Crippen molar-refractivity contribution in [2.24, 2.45) is 0 Å². The van der Waals surface area contributed by atoms with Gasteiger partial charge in [0.15, 0.2) is 0 Å². The first-order chi connectivity index (χ1) is 9.97. The second-order valence-electron chi connectivity index (χ2n) is 3.93. The molecular formula is C13H13NO5S2. The molecule has 1 N–H and O–H groups in total. The maximum absolute atomic E-state index is 12.1. The number of methoxy groups -OCH3 is 2. The van der Waals surface area contributed by atoms with E-state index >= 15 is 0 Å². The molecule has 0 spiro atoms. The van der Waals surface area contributed by atoms with Crippen molar-refractivity contribution in [1.29, 1.82) is 0 Å². The molecule has 0 saturated carbocycles. The van der Waals surface area contributed by atoms with Gasteiger partial charge in [-0.3, -0.25) is 4.79 Å². The molecule has 0 unspecified atom stereocenters. The molecule has 0 fully saturated rings. The number of nitrogens with one attached hydrogen (secondary N) is 1. The highest BCUT2D eigenvalue weighted by Gasteiger charge is 2.22. The molecule has 8 heteroatoms. The van der Waals surface area contributed by atoms with E-state index in [1.807, 2.05) is 4.72 Å². The number of rotatable bonds is 5. The van der Waals surface area contributed by atoms with E-state index < -0.39 is 15.9 Å². The summed E-state index contributed by atoms with van der Waals surface area (Å²) in [5.41, 5.74) is 0.110. The van der Waals surface area contributed by atoms with Crippen molar-refractivity contribution in [2.75, 3.05) is 14.2 Å². The fraction of sp³-hybridized carbons (Fsp3) is 0.154. The number of carbonyl (C=O) groups excluding carboxylic acids is 1. The molecule has 1 amide bonds. The van der Waals surface area contributed by atoms with Crippen LogP contribution in [0.5, 0.6) is 11.5 Å². The molecule has 0 bridgehead atoms. The van der Waals surface area contributed by atoms with Crippen LogP contribution in [0.15, 0.2) is 39.9 Å². The minimum absolute atomic E-state index is 0.0725. The van der Waals surface area contributed by atoms with Crippen LogP contribution in [0.1, 0.15) is 10.4 Å². The van der Waals surface area contributed by atoms with Gasteiger partial charge in [-0.1, -0.05) is 6.07 Å². The van der Waals surface area contributed by atoms with Gasteiger partial charge in [0.25, 0.3) is 15.9 Å². The van der Waals surface area contributed by atoms with Crippen molar-refractivity contribution in [3.63, 3.8) is 0 Å². The summed E-state index contributed by atoms with van der Waals surface area (Å²) in [6.07, 6.45) is 0. The molecular weight excluding hydrogens is 314 g/mol. The van der Waals surface area contributed by atoms with Crippen LogP contribution >= 0.6 is 11.3 Å². The van der Waals surface area contributed by atoms with Gasteiger partial charge in [0, 0.05) is 6.07 Å². The van der Waals surface area contributed by atoms with Crippen molar-refractivity contribution in [3.8, 4) is 11.5 Å². The van der Waals surface area contributed by atoms with Gasteiger partial charge in [-0.15, -0.1) is 11.3 Å². The van der Waals surface area contributed by atoms with Gasteiger partial charge in [-0.25, -0.2) is 13.1 Å². The van der Waals surface area contributed by atoms with E-state index in [4.69, 9.17) is 9.47 Å². The molecule has 0 saturated heterocycles. The van der Waals surface area contributed by atoms with E-state index in [1.165, 1.54) is 32.4 Å². The Labute approximate surface area is 126 Å². The Morgan fingerprint density at radius 1 is 1.19 bits per heavy atom. The fourth-order valence-electron chi connectivity index (χ4n) is 1.63. The molecule has 1 aromatic carbocycles. The lowest BCUT2D eigenvalue weighted by Gasteiger charge is -2.10. The predicted molar refractivity (Wildman–Crippen MR) is 78.5 cm³/mol. The van der Waals surface area contributed by atoms with Crippen molar-refractivity contribution < 1.29 is 22.7 Å². The summed E-state index contributed by atoms with van der Waals surface area (Å²) in [5.74, 6) is -0.0272. The third kappa shape index (κ3) is 3.34. The van der Waals surface area contributed by atoms with Crippen molar-refractivity contribution in [2.45, 2.75) is 4.21 Å². The standard InChI is InChI=1S/C13H13NO5S2/c1-18-9-5-6-10(11(8-9)19-2)13(15)14-21(16,17)12-4-3-7-20-12/h3-8H,1-2H3,(H,14,15). The SMILES string of the molecule is COc1ccc(C(=O)NS(=O)(=O)c2cccs2)c(OC)c1. The zero-order valence-electron chi connectivity index (χ0n) is 11.3. The maximum atomic E-state index is 12.1. The smallest absolute Gasteiger partial charge is 0.273 e. The molecule has 0 aliphatic heterocycles. The highest BCUT2D eigenvalue weighted by atomic mass is 32.2. The molecule has 0 aliphatic rings. The van der Waals surface area contributed by atoms with E-state index in [0.717, 1.165) is 11.3 Å². The monoisotopic (exact) mass is 327 g/mol. The van der Waals surface area contributed by atoms with Gasteiger partial charge in [0.1, 0.15) is 15.7 Å². The average Bonchev–Trinajstić information content (AvgIpc) is 3.01.